The number of para-hydroxylation sites is 1. The summed E-state index contributed by atoms with van der Waals surface area (Å²) in [5.41, 5.74) is 6.76. The number of amides is 1. The third kappa shape index (κ3) is 4.20. The largest absolute Gasteiger partial charge is 0.465 e. The maximum absolute atomic E-state index is 11.6. The molecule has 2 atom stereocenters. The van der Waals surface area contributed by atoms with Crippen LogP contribution in [0.25, 0.3) is 21.9 Å². The van der Waals surface area contributed by atoms with Crippen molar-refractivity contribution in [3.05, 3.63) is 30.1 Å². The number of fused-ring (bicyclic) bond motifs is 3. The van der Waals surface area contributed by atoms with Crippen LogP contribution in [-0.2, 0) is 17.7 Å². The number of aliphatic hydroxyl groups is 2. The lowest BCUT2D eigenvalue weighted by Crippen LogP contribution is -2.58. The van der Waals surface area contributed by atoms with Gasteiger partial charge in [-0.3, -0.25) is 4.90 Å². The molecule has 4 rings (SSSR count). The summed E-state index contributed by atoms with van der Waals surface area (Å²) in [5, 5.41) is 30.1. The van der Waals surface area contributed by atoms with Crippen LogP contribution >= 0.6 is 11.8 Å². The Morgan fingerprint density at radius 3 is 2.69 bits per heavy atom. The number of aryl methyl sites for hydroxylation is 1. The molecule has 2 aromatic heterocycles. The average molecular weight is 462 g/mol. The second-order valence-electron chi connectivity index (χ2n) is 7.72. The quantitative estimate of drug-likeness (QED) is 0.351. The van der Waals surface area contributed by atoms with Crippen molar-refractivity contribution in [2.75, 3.05) is 26.0 Å². The third-order valence-electron chi connectivity index (χ3n) is 5.72. The molecule has 0 bridgehead atoms. The zero-order chi connectivity index (χ0) is 22.8. The van der Waals surface area contributed by atoms with Crippen molar-refractivity contribution >= 4 is 45.6 Å². The Hall–Kier alpha value is -2.60. The number of hydrogen-bond donors (Lipinski definition) is 4. The van der Waals surface area contributed by atoms with Crippen LogP contribution in [0.15, 0.2) is 24.3 Å². The van der Waals surface area contributed by atoms with Crippen LogP contribution in [0.1, 0.15) is 18.7 Å². The number of ether oxygens (including phenoxy) is 1. The van der Waals surface area contributed by atoms with Crippen LogP contribution in [0, 0.1) is 0 Å². The molecule has 1 amide bonds. The van der Waals surface area contributed by atoms with Gasteiger partial charge >= 0.3 is 6.09 Å². The molecule has 1 saturated heterocycles. The Labute approximate surface area is 189 Å². The average Bonchev–Trinajstić information content (AvgIpc) is 3.13. The second-order valence-corrected chi connectivity index (χ2v) is 8.96. The van der Waals surface area contributed by atoms with Crippen molar-refractivity contribution < 1.29 is 24.9 Å². The number of nitrogens with two attached hydrogens (primary N) is 1. The summed E-state index contributed by atoms with van der Waals surface area (Å²) in [5.74, 6) is 1.21. The minimum atomic E-state index is -1.15. The number of carboxylic acid groups (broad SMARTS) is 1. The Morgan fingerprint density at radius 1 is 1.25 bits per heavy atom. The van der Waals surface area contributed by atoms with E-state index in [0.717, 1.165) is 38.9 Å². The molecule has 0 spiro atoms. The predicted octanol–water partition coefficient (Wildman–Crippen LogP) is 1.87. The Balaban J connectivity index is 1.57. The number of nitrogens with zero attached hydrogens (tertiary/aromatic N) is 4. The zero-order valence-electron chi connectivity index (χ0n) is 17.7. The molecular formula is C21H27N5O5S. The molecule has 32 heavy (non-hydrogen) atoms. The summed E-state index contributed by atoms with van der Waals surface area (Å²) in [7, 11) is 1.64. The molecule has 172 valence electrons. The van der Waals surface area contributed by atoms with Gasteiger partial charge in [0.15, 0.2) is 5.82 Å². The molecule has 1 aromatic carbocycles. The van der Waals surface area contributed by atoms with Crippen molar-refractivity contribution in [1.82, 2.24) is 19.4 Å². The molecule has 5 N–H and O–H groups in total. The number of benzene rings is 1. The van der Waals surface area contributed by atoms with Crippen molar-refractivity contribution in [1.29, 1.82) is 0 Å². The normalized spacial score (nSPS) is 20.5. The van der Waals surface area contributed by atoms with Gasteiger partial charge in [-0.05, 0) is 18.9 Å². The van der Waals surface area contributed by atoms with E-state index in [-0.39, 0.29) is 6.54 Å². The van der Waals surface area contributed by atoms with Crippen LogP contribution in [0.5, 0.6) is 0 Å². The number of nitrogen functional groups attached to an aromatic ring is 1. The highest BCUT2D eigenvalue weighted by atomic mass is 32.2. The van der Waals surface area contributed by atoms with E-state index in [4.69, 9.17) is 15.5 Å². The number of pyridine rings is 1. The third-order valence-corrected chi connectivity index (χ3v) is 6.83. The fraction of sp³-hybridized carbons (Fsp3) is 0.476. The molecule has 1 fully saturated rings. The number of aliphatic hydroxyl groups excluding tert-OH is 2. The lowest BCUT2D eigenvalue weighted by Gasteiger charge is -2.43. The van der Waals surface area contributed by atoms with Gasteiger partial charge in [-0.2, -0.15) is 0 Å². The van der Waals surface area contributed by atoms with Crippen LogP contribution in [0.4, 0.5) is 10.6 Å². The first kappa shape index (κ1) is 22.6. The van der Waals surface area contributed by atoms with Crippen molar-refractivity contribution in [2.24, 2.45) is 0 Å². The maximum Gasteiger partial charge on any atom is 0.407 e. The zero-order valence-corrected chi connectivity index (χ0v) is 18.5. The van der Waals surface area contributed by atoms with Gasteiger partial charge in [0.2, 0.25) is 0 Å². The first-order chi connectivity index (χ1) is 15.4. The molecule has 0 saturated carbocycles. The lowest BCUT2D eigenvalue weighted by molar-refractivity contribution is 0.0203. The fourth-order valence-electron chi connectivity index (χ4n) is 4.12. The molecule has 11 heteroatoms. The Bertz CT molecular complexity index is 1110. The van der Waals surface area contributed by atoms with E-state index in [1.807, 2.05) is 24.3 Å². The smallest absolute Gasteiger partial charge is 0.407 e. The molecule has 3 heterocycles. The number of hydrogen-bond acceptors (Lipinski definition) is 8. The van der Waals surface area contributed by atoms with Gasteiger partial charge in [-0.25, -0.2) is 14.8 Å². The SMILES string of the molecule is COCCc1nc2c(N)nc3ccccc3c2n1CCCCN(C(=O)O)C1C(O)SC1O. The predicted molar refractivity (Wildman–Crippen MR) is 122 cm³/mol. The summed E-state index contributed by atoms with van der Waals surface area (Å²) >= 11 is 0.952. The summed E-state index contributed by atoms with van der Waals surface area (Å²) < 4.78 is 7.36. The van der Waals surface area contributed by atoms with Gasteiger partial charge in [0.25, 0.3) is 0 Å². The number of methoxy groups -OCH3 is 1. The van der Waals surface area contributed by atoms with Crippen molar-refractivity contribution in [3.63, 3.8) is 0 Å². The molecule has 1 aliphatic rings. The minimum absolute atomic E-state index is 0.221. The number of anilines is 1. The van der Waals surface area contributed by atoms with Gasteiger partial charge in [0.05, 0.1) is 17.6 Å². The van der Waals surface area contributed by atoms with E-state index < -0.39 is 23.0 Å². The fourth-order valence-corrected chi connectivity index (χ4v) is 5.04. The van der Waals surface area contributed by atoms with Crippen molar-refractivity contribution in [3.8, 4) is 0 Å². The number of thioether (sulfide) groups is 1. The molecule has 0 aliphatic carbocycles. The number of unbranched alkanes of at least 4 members (excludes halogenated alkanes) is 1. The summed E-state index contributed by atoms with van der Waals surface area (Å²) in [6.45, 7) is 1.34. The van der Waals surface area contributed by atoms with E-state index >= 15 is 0 Å². The van der Waals surface area contributed by atoms with Gasteiger partial charge in [-0.1, -0.05) is 30.0 Å². The first-order valence-electron chi connectivity index (χ1n) is 10.5. The lowest BCUT2D eigenvalue weighted by atomic mass is 10.1. The van der Waals surface area contributed by atoms with Gasteiger partial charge in [-0.15, -0.1) is 0 Å². The number of imidazole rings is 1. The van der Waals surface area contributed by atoms with E-state index in [1.54, 1.807) is 7.11 Å². The van der Waals surface area contributed by atoms with Crippen LogP contribution in [0.3, 0.4) is 0 Å². The Kier molecular flexibility index (Phi) is 6.70. The van der Waals surface area contributed by atoms with Gasteiger partial charge in [0.1, 0.15) is 28.3 Å². The molecule has 3 aromatic rings. The van der Waals surface area contributed by atoms with E-state index in [1.165, 1.54) is 0 Å². The number of aromatic nitrogens is 3. The minimum Gasteiger partial charge on any atom is -0.465 e. The summed E-state index contributed by atoms with van der Waals surface area (Å²) in [4.78, 5) is 22.0. The van der Waals surface area contributed by atoms with Crippen molar-refractivity contribution in [2.45, 2.75) is 42.7 Å². The maximum atomic E-state index is 11.6. The first-order valence-corrected chi connectivity index (χ1v) is 11.4. The second kappa shape index (κ2) is 9.49. The molecule has 1 aliphatic heterocycles. The topological polar surface area (TPSA) is 147 Å². The van der Waals surface area contributed by atoms with Crippen LogP contribution < -0.4 is 5.73 Å². The summed E-state index contributed by atoms with van der Waals surface area (Å²) in [6, 6.07) is 6.97. The Morgan fingerprint density at radius 2 is 2.00 bits per heavy atom. The molecule has 2 unspecified atom stereocenters. The highest BCUT2D eigenvalue weighted by molar-refractivity contribution is 8.01. The number of rotatable bonds is 9. The van der Waals surface area contributed by atoms with E-state index in [0.29, 0.717) is 43.7 Å². The van der Waals surface area contributed by atoms with Gasteiger partial charge in [0, 0.05) is 32.0 Å². The van der Waals surface area contributed by atoms with Crippen LogP contribution in [0.2, 0.25) is 0 Å². The standard InChI is InChI=1S/C21H27N5O5S/c1-31-11-8-14-24-15-16(12-6-2-3-7-13(12)23-18(15)22)25(14)9-4-5-10-26(21(29)30)17-19(27)32-20(17)28/h2-3,6-7,17,19-20,27-28H,4-5,8-11H2,1H3,(H2,22,23)(H,29,30). The van der Waals surface area contributed by atoms with E-state index in [9.17, 15) is 20.1 Å². The van der Waals surface area contributed by atoms with E-state index in [2.05, 4.69) is 9.55 Å². The highest BCUT2D eigenvalue weighted by Gasteiger charge is 2.45. The monoisotopic (exact) mass is 461 g/mol. The highest BCUT2D eigenvalue weighted by Crippen LogP contribution is 2.37. The van der Waals surface area contributed by atoms with Gasteiger partial charge < -0.3 is 30.4 Å². The van der Waals surface area contributed by atoms with Crippen LogP contribution in [-0.4, -0.2) is 78.0 Å². The molecule has 10 nitrogen and oxygen atoms in total. The molecule has 0 radical (unpaired) electrons. The number of carbonyl (C=O) groups is 1. The molecular weight excluding hydrogens is 434 g/mol. The summed E-state index contributed by atoms with van der Waals surface area (Å²) in [6.07, 6.45) is 0.705.